The van der Waals surface area contributed by atoms with Gasteiger partial charge < -0.3 is 0 Å². The molecule has 1 aromatic heterocycles. The molecular formula is C12H11NO. The van der Waals surface area contributed by atoms with Gasteiger partial charge in [0.05, 0.1) is 6.85 Å². The van der Waals surface area contributed by atoms with Gasteiger partial charge >= 0.3 is 0 Å². The second kappa shape index (κ2) is 3.50. The van der Waals surface area contributed by atoms with Crippen LogP contribution in [0.2, 0.25) is 0 Å². The zero-order valence-corrected chi connectivity index (χ0v) is 7.09. The fourth-order valence-electron chi connectivity index (χ4n) is 1.03. The average Bonchev–Trinajstić information content (AvgIpc) is 2.44. The van der Waals surface area contributed by atoms with Crippen LogP contribution in [-0.4, -0.2) is 4.57 Å². The standard InChI is InChI=1S/C12H11NO/c1-10-7-8-12(14)13(9-10)11-5-3-2-4-6-11/h2-9H,1H3/i1D3,2D,3D,4D,5D,6D. The van der Waals surface area contributed by atoms with E-state index in [1.54, 1.807) is 0 Å². The van der Waals surface area contributed by atoms with Gasteiger partial charge in [-0.3, -0.25) is 9.36 Å². The minimum Gasteiger partial charge on any atom is -0.284 e. The third-order valence-electron chi connectivity index (χ3n) is 1.64. The van der Waals surface area contributed by atoms with E-state index in [1.807, 2.05) is 0 Å². The van der Waals surface area contributed by atoms with Crippen molar-refractivity contribution in [1.29, 1.82) is 0 Å². The molecule has 0 saturated heterocycles. The second-order valence-electron chi connectivity index (χ2n) is 2.60. The Morgan fingerprint density at radius 3 is 2.79 bits per heavy atom. The van der Waals surface area contributed by atoms with E-state index in [0.29, 0.717) is 0 Å². The zero-order chi connectivity index (χ0) is 16.8. The van der Waals surface area contributed by atoms with Crippen LogP contribution < -0.4 is 5.56 Å². The van der Waals surface area contributed by atoms with E-state index in [0.717, 1.165) is 22.9 Å². The third-order valence-corrected chi connectivity index (χ3v) is 1.64. The lowest BCUT2D eigenvalue weighted by atomic mass is 10.3. The molecule has 0 atom stereocenters. The van der Waals surface area contributed by atoms with Crippen molar-refractivity contribution in [2.75, 3.05) is 0 Å². The van der Waals surface area contributed by atoms with Crippen LogP contribution in [0, 0.1) is 6.85 Å². The summed E-state index contributed by atoms with van der Waals surface area (Å²) in [6.07, 6.45) is 0.975. The summed E-state index contributed by atoms with van der Waals surface area (Å²) < 4.78 is 61.2. The first-order chi connectivity index (χ1) is 10.1. The maximum absolute atomic E-state index is 12.0. The fraction of sp³-hybridized carbons (Fsp3) is 0.0833. The molecule has 0 bridgehead atoms. The number of para-hydroxylation sites is 1. The predicted molar refractivity (Wildman–Crippen MR) is 56.8 cm³/mol. The lowest BCUT2D eigenvalue weighted by molar-refractivity contribution is 0.976. The topological polar surface area (TPSA) is 22.0 Å². The monoisotopic (exact) mass is 193 g/mol. The maximum Gasteiger partial charge on any atom is 0.255 e. The van der Waals surface area contributed by atoms with E-state index in [1.165, 1.54) is 0 Å². The van der Waals surface area contributed by atoms with Crippen molar-refractivity contribution in [3.63, 3.8) is 0 Å². The van der Waals surface area contributed by atoms with E-state index in [2.05, 4.69) is 0 Å². The number of aryl methyl sites for hydroxylation is 1. The summed E-state index contributed by atoms with van der Waals surface area (Å²) >= 11 is 0. The van der Waals surface area contributed by atoms with E-state index >= 15 is 0 Å². The van der Waals surface area contributed by atoms with Crippen LogP contribution in [0.1, 0.15) is 16.5 Å². The van der Waals surface area contributed by atoms with Crippen molar-refractivity contribution in [2.24, 2.45) is 0 Å². The van der Waals surface area contributed by atoms with Crippen molar-refractivity contribution < 1.29 is 11.0 Å². The van der Waals surface area contributed by atoms with Crippen molar-refractivity contribution in [3.8, 4) is 5.69 Å². The molecule has 2 heteroatoms. The van der Waals surface area contributed by atoms with Gasteiger partial charge in [-0.25, -0.2) is 0 Å². The number of aromatic nitrogens is 1. The van der Waals surface area contributed by atoms with Gasteiger partial charge in [0.1, 0.15) is 0 Å². The molecule has 2 rings (SSSR count). The maximum atomic E-state index is 12.0. The van der Waals surface area contributed by atoms with Crippen molar-refractivity contribution in [2.45, 2.75) is 6.85 Å². The normalized spacial score (nSPS) is 19.1. The largest absolute Gasteiger partial charge is 0.284 e. The van der Waals surface area contributed by atoms with Gasteiger partial charge in [-0.2, -0.15) is 0 Å². The molecule has 2 aromatic rings. The summed E-state index contributed by atoms with van der Waals surface area (Å²) in [6.45, 7) is -2.48. The molecular weight excluding hydrogens is 174 g/mol. The summed E-state index contributed by atoms with van der Waals surface area (Å²) in [7, 11) is 0. The number of nitrogens with zero attached hydrogens (tertiary/aromatic N) is 1. The van der Waals surface area contributed by atoms with Crippen LogP contribution in [0.25, 0.3) is 5.69 Å². The van der Waals surface area contributed by atoms with Crippen LogP contribution in [-0.2, 0) is 0 Å². The number of hydrogen-bond acceptors (Lipinski definition) is 1. The predicted octanol–water partition coefficient (Wildman–Crippen LogP) is 2.15. The van der Waals surface area contributed by atoms with Gasteiger partial charge in [-0.05, 0) is 24.5 Å². The van der Waals surface area contributed by atoms with Crippen molar-refractivity contribution in [1.82, 2.24) is 4.57 Å². The molecule has 0 unspecified atom stereocenters. The van der Waals surface area contributed by atoms with Crippen molar-refractivity contribution in [3.05, 3.63) is 64.5 Å². The summed E-state index contributed by atoms with van der Waals surface area (Å²) in [5, 5.41) is 0. The first-order valence-electron chi connectivity index (χ1n) is 7.86. The van der Waals surface area contributed by atoms with Gasteiger partial charge in [0.15, 0.2) is 0 Å². The van der Waals surface area contributed by atoms with E-state index in [9.17, 15) is 4.79 Å². The van der Waals surface area contributed by atoms with Crippen LogP contribution >= 0.6 is 0 Å². The minimum absolute atomic E-state index is 0.168. The molecule has 0 aliphatic rings. The highest BCUT2D eigenvalue weighted by Crippen LogP contribution is 2.04. The van der Waals surface area contributed by atoms with Gasteiger partial charge in [-0.1, -0.05) is 24.2 Å². The summed E-state index contributed by atoms with van der Waals surface area (Å²) in [4.78, 5) is 12.0. The first kappa shape index (κ1) is 3.39. The second-order valence-corrected chi connectivity index (χ2v) is 2.60. The molecule has 0 spiro atoms. The lowest BCUT2D eigenvalue weighted by Crippen LogP contribution is -2.16. The summed E-state index contributed by atoms with van der Waals surface area (Å²) in [6, 6.07) is -0.807. The molecule has 0 aliphatic carbocycles. The van der Waals surface area contributed by atoms with E-state index in [4.69, 9.17) is 11.0 Å². The Morgan fingerprint density at radius 1 is 1.29 bits per heavy atom. The Morgan fingerprint density at radius 2 is 2.07 bits per heavy atom. The van der Waals surface area contributed by atoms with Gasteiger partial charge in [0.2, 0.25) is 0 Å². The summed E-state index contributed by atoms with van der Waals surface area (Å²) in [5.41, 5.74) is -1.23. The molecule has 70 valence electrons. The number of hydrogen-bond donors (Lipinski definition) is 0. The molecule has 0 amide bonds. The molecule has 1 aromatic carbocycles. The average molecular weight is 193 g/mol. The minimum atomic E-state index is -2.48. The highest BCUT2D eigenvalue weighted by molar-refractivity contribution is 5.32. The number of rotatable bonds is 1. The Balaban J connectivity index is 2.86. The molecule has 1 heterocycles. The van der Waals surface area contributed by atoms with Crippen LogP contribution in [0.15, 0.2) is 53.3 Å². The highest BCUT2D eigenvalue weighted by atomic mass is 16.1. The quantitative estimate of drug-likeness (QED) is 0.680. The lowest BCUT2D eigenvalue weighted by Gasteiger charge is -2.05. The molecule has 0 radical (unpaired) electrons. The third kappa shape index (κ3) is 1.59. The summed E-state index contributed by atoms with van der Waals surface area (Å²) in [5.74, 6) is 0. The van der Waals surface area contributed by atoms with Crippen molar-refractivity contribution >= 4 is 0 Å². The van der Waals surface area contributed by atoms with Crippen LogP contribution in [0.5, 0.6) is 0 Å². The zero-order valence-electron chi connectivity index (χ0n) is 15.1. The molecule has 0 fully saturated rings. The highest BCUT2D eigenvalue weighted by Gasteiger charge is 1.97. The molecule has 2 nitrogen and oxygen atoms in total. The Kier molecular flexibility index (Phi) is 0.847. The van der Waals surface area contributed by atoms with E-state index < -0.39 is 42.6 Å². The SMILES string of the molecule is [2H]c1c([2H])c([2H])c(-n2cc(C([2H])([2H])[2H])ccc2=O)c([2H])c1[2H]. The first-order valence-corrected chi connectivity index (χ1v) is 3.86. The Bertz CT molecular complexity index is 779. The molecule has 0 aliphatic heterocycles. The fourth-order valence-corrected chi connectivity index (χ4v) is 1.03. The van der Waals surface area contributed by atoms with Gasteiger partial charge in [-0.15, -0.1) is 0 Å². The Hall–Kier alpha value is -1.83. The van der Waals surface area contributed by atoms with Crippen LogP contribution in [0.4, 0.5) is 0 Å². The van der Waals surface area contributed by atoms with Gasteiger partial charge in [0, 0.05) is 22.1 Å². The van der Waals surface area contributed by atoms with Crippen LogP contribution in [0.3, 0.4) is 0 Å². The van der Waals surface area contributed by atoms with Gasteiger partial charge in [0.25, 0.3) is 5.56 Å². The Labute approximate surface area is 93.7 Å². The molecule has 14 heavy (non-hydrogen) atoms. The number of benzene rings is 1. The van der Waals surface area contributed by atoms with E-state index in [-0.39, 0.29) is 11.3 Å². The molecule has 0 saturated carbocycles. The number of pyridine rings is 1. The molecule has 0 N–H and O–H groups in total. The smallest absolute Gasteiger partial charge is 0.255 e.